The van der Waals surface area contributed by atoms with Gasteiger partial charge in [0.15, 0.2) is 5.69 Å². The maximum atomic E-state index is 13.2. The molecule has 0 N–H and O–H groups in total. The Bertz CT molecular complexity index is 1360. The van der Waals surface area contributed by atoms with Crippen LogP contribution in [0.25, 0.3) is 23.0 Å². The van der Waals surface area contributed by atoms with Gasteiger partial charge in [-0.25, -0.2) is 12.8 Å². The number of rotatable bonds is 5. The highest BCUT2D eigenvalue weighted by Gasteiger charge is 2.32. The zero-order chi connectivity index (χ0) is 22.3. The van der Waals surface area contributed by atoms with Crippen molar-refractivity contribution in [3.05, 3.63) is 77.2 Å². The molecule has 0 radical (unpaired) electrons. The van der Waals surface area contributed by atoms with Gasteiger partial charge in [0.2, 0.25) is 15.9 Å². The van der Waals surface area contributed by atoms with Gasteiger partial charge >= 0.3 is 0 Å². The molecule has 1 aliphatic rings. The SMILES string of the molecule is Cn1nc(-c2nnc(-c3ccc(F)cc3)o2)c2c1CCN(S(=O)(=O)Cc1ccccc1)C2. The lowest BCUT2D eigenvalue weighted by atomic mass is 10.1. The smallest absolute Gasteiger partial charge is 0.268 e. The van der Waals surface area contributed by atoms with E-state index >= 15 is 0 Å². The second-order valence-corrected chi connectivity index (χ2v) is 9.61. The third kappa shape index (κ3) is 3.82. The minimum Gasteiger partial charge on any atom is -0.415 e. The van der Waals surface area contributed by atoms with E-state index in [9.17, 15) is 12.8 Å². The predicted octanol–water partition coefficient (Wildman–Crippen LogP) is 3.16. The van der Waals surface area contributed by atoms with Gasteiger partial charge in [0.05, 0.1) is 5.75 Å². The number of hydrogen-bond acceptors (Lipinski definition) is 6. The van der Waals surface area contributed by atoms with Crippen LogP contribution in [0.3, 0.4) is 0 Å². The summed E-state index contributed by atoms with van der Waals surface area (Å²) in [5.41, 5.74) is 3.48. The lowest BCUT2D eigenvalue weighted by Gasteiger charge is -2.26. The standard InChI is InChI=1S/C22H20FN5O3S/c1-27-19-11-12-28(32(29,30)14-15-5-3-2-4-6-15)13-18(19)20(26-27)22-25-24-21(31-22)16-7-9-17(23)10-8-16/h2-10H,11-14H2,1H3. The summed E-state index contributed by atoms with van der Waals surface area (Å²) < 4.78 is 48.3. The minimum atomic E-state index is -3.52. The van der Waals surface area contributed by atoms with Crippen LogP contribution in [-0.4, -0.2) is 39.2 Å². The summed E-state index contributed by atoms with van der Waals surface area (Å²) in [7, 11) is -1.70. The molecule has 0 saturated carbocycles. The van der Waals surface area contributed by atoms with E-state index < -0.39 is 10.0 Å². The summed E-state index contributed by atoms with van der Waals surface area (Å²) >= 11 is 0. The molecule has 0 saturated heterocycles. The van der Waals surface area contributed by atoms with E-state index in [0.29, 0.717) is 24.2 Å². The van der Waals surface area contributed by atoms with Crippen LogP contribution in [0.2, 0.25) is 0 Å². The van der Waals surface area contributed by atoms with Crippen molar-refractivity contribution in [2.75, 3.05) is 6.54 Å². The normalized spacial score (nSPS) is 14.4. The maximum absolute atomic E-state index is 13.2. The molecule has 0 bridgehead atoms. The number of nitrogens with zero attached hydrogens (tertiary/aromatic N) is 5. The van der Waals surface area contributed by atoms with Crippen LogP contribution in [-0.2, 0) is 35.8 Å². The number of fused-ring (bicyclic) bond motifs is 1. The zero-order valence-corrected chi connectivity index (χ0v) is 18.1. The van der Waals surface area contributed by atoms with Crippen LogP contribution >= 0.6 is 0 Å². The summed E-state index contributed by atoms with van der Waals surface area (Å²) in [5, 5.41) is 12.7. The molecule has 2 aromatic heterocycles. The molecular formula is C22H20FN5O3S. The number of aromatic nitrogens is 4. The molecule has 0 unspecified atom stereocenters. The Labute approximate surface area is 184 Å². The van der Waals surface area contributed by atoms with Gasteiger partial charge in [-0.05, 0) is 29.8 Å². The second-order valence-electron chi connectivity index (χ2n) is 7.64. The van der Waals surface area contributed by atoms with E-state index in [2.05, 4.69) is 15.3 Å². The average Bonchev–Trinajstić information content (AvgIpc) is 3.39. The van der Waals surface area contributed by atoms with Gasteiger partial charge < -0.3 is 4.42 Å². The molecule has 0 atom stereocenters. The molecule has 3 heterocycles. The van der Waals surface area contributed by atoms with E-state index in [1.54, 1.807) is 28.9 Å². The fourth-order valence-electron chi connectivity index (χ4n) is 3.88. The third-order valence-electron chi connectivity index (χ3n) is 5.51. The zero-order valence-electron chi connectivity index (χ0n) is 17.3. The Kier molecular flexibility index (Phi) is 5.10. The highest BCUT2D eigenvalue weighted by atomic mass is 32.2. The van der Waals surface area contributed by atoms with Gasteiger partial charge in [0.1, 0.15) is 5.82 Å². The first-order valence-corrected chi connectivity index (χ1v) is 11.7. The molecule has 0 spiro atoms. The first kappa shape index (κ1) is 20.5. The van der Waals surface area contributed by atoms with E-state index in [0.717, 1.165) is 16.8 Å². The highest BCUT2D eigenvalue weighted by Crippen LogP contribution is 2.32. The van der Waals surface area contributed by atoms with Crippen molar-refractivity contribution in [3.8, 4) is 23.0 Å². The van der Waals surface area contributed by atoms with Crippen LogP contribution in [0.1, 0.15) is 16.8 Å². The van der Waals surface area contributed by atoms with Gasteiger partial charge in [0.25, 0.3) is 5.89 Å². The lowest BCUT2D eigenvalue weighted by Crippen LogP contribution is -2.37. The first-order valence-electron chi connectivity index (χ1n) is 10.1. The topological polar surface area (TPSA) is 94.1 Å². The molecule has 10 heteroatoms. The second kappa shape index (κ2) is 7.95. The summed E-state index contributed by atoms with van der Waals surface area (Å²) in [4.78, 5) is 0. The Morgan fingerprint density at radius 1 is 1.03 bits per heavy atom. The van der Waals surface area contributed by atoms with Crippen LogP contribution in [0.5, 0.6) is 0 Å². The number of hydrogen-bond donors (Lipinski definition) is 0. The summed E-state index contributed by atoms with van der Waals surface area (Å²) in [6.07, 6.45) is 0.534. The molecule has 1 aliphatic heterocycles. The monoisotopic (exact) mass is 453 g/mol. The quantitative estimate of drug-likeness (QED) is 0.461. The Hall–Kier alpha value is -3.37. The molecule has 0 amide bonds. The third-order valence-corrected chi connectivity index (χ3v) is 7.31. The fourth-order valence-corrected chi connectivity index (χ4v) is 5.37. The van der Waals surface area contributed by atoms with Crippen LogP contribution in [0.15, 0.2) is 59.0 Å². The Morgan fingerprint density at radius 3 is 2.50 bits per heavy atom. The Balaban J connectivity index is 1.44. The summed E-state index contributed by atoms with van der Waals surface area (Å²) in [5.74, 6) is 0.0185. The van der Waals surface area contributed by atoms with E-state index in [1.165, 1.54) is 16.4 Å². The molecule has 4 aromatic rings. The van der Waals surface area contributed by atoms with Crippen molar-refractivity contribution >= 4 is 10.0 Å². The van der Waals surface area contributed by atoms with Crippen molar-refractivity contribution in [2.45, 2.75) is 18.7 Å². The van der Waals surface area contributed by atoms with E-state index in [4.69, 9.17) is 4.42 Å². The van der Waals surface area contributed by atoms with Crippen molar-refractivity contribution in [1.29, 1.82) is 0 Å². The number of aryl methyl sites for hydroxylation is 1. The van der Waals surface area contributed by atoms with E-state index in [1.807, 2.05) is 25.2 Å². The average molecular weight is 453 g/mol. The van der Waals surface area contributed by atoms with Gasteiger partial charge in [0, 0.05) is 43.4 Å². The minimum absolute atomic E-state index is 0.0615. The molecule has 8 nitrogen and oxygen atoms in total. The van der Waals surface area contributed by atoms with Crippen molar-refractivity contribution in [1.82, 2.24) is 24.3 Å². The van der Waals surface area contributed by atoms with E-state index in [-0.39, 0.29) is 29.9 Å². The number of benzene rings is 2. The lowest BCUT2D eigenvalue weighted by molar-refractivity contribution is 0.385. The molecule has 2 aromatic carbocycles. The largest absolute Gasteiger partial charge is 0.415 e. The molecule has 5 rings (SSSR count). The molecule has 32 heavy (non-hydrogen) atoms. The van der Waals surface area contributed by atoms with Gasteiger partial charge in [-0.15, -0.1) is 10.2 Å². The van der Waals surface area contributed by atoms with Gasteiger partial charge in [-0.1, -0.05) is 30.3 Å². The molecule has 0 aliphatic carbocycles. The first-order chi connectivity index (χ1) is 15.4. The summed E-state index contributed by atoms with van der Waals surface area (Å²) in [6.45, 7) is 0.563. The van der Waals surface area contributed by atoms with Crippen molar-refractivity contribution in [2.24, 2.45) is 7.05 Å². The van der Waals surface area contributed by atoms with Crippen molar-refractivity contribution < 1.29 is 17.2 Å². The maximum Gasteiger partial charge on any atom is 0.268 e. The van der Waals surface area contributed by atoms with Crippen LogP contribution in [0.4, 0.5) is 4.39 Å². The van der Waals surface area contributed by atoms with Crippen LogP contribution < -0.4 is 0 Å². The van der Waals surface area contributed by atoms with Crippen molar-refractivity contribution in [3.63, 3.8) is 0 Å². The number of halogens is 1. The predicted molar refractivity (Wildman–Crippen MR) is 115 cm³/mol. The molecule has 164 valence electrons. The summed E-state index contributed by atoms with van der Waals surface area (Å²) in [6, 6.07) is 14.9. The number of sulfonamides is 1. The van der Waals surface area contributed by atoms with Crippen LogP contribution in [0, 0.1) is 5.82 Å². The molecular weight excluding hydrogens is 433 g/mol. The molecule has 0 fully saturated rings. The fraction of sp³-hybridized carbons (Fsp3) is 0.227. The van der Waals surface area contributed by atoms with Gasteiger partial charge in [-0.2, -0.15) is 9.40 Å². The van der Waals surface area contributed by atoms with Gasteiger partial charge in [-0.3, -0.25) is 4.68 Å². The highest BCUT2D eigenvalue weighted by molar-refractivity contribution is 7.88. The Morgan fingerprint density at radius 2 is 1.75 bits per heavy atom.